The van der Waals surface area contributed by atoms with Crippen LogP contribution in [0.5, 0.6) is 0 Å². The summed E-state index contributed by atoms with van der Waals surface area (Å²) >= 11 is 5.93. The molecular weight excluding hydrogens is 450 g/mol. The van der Waals surface area contributed by atoms with Crippen molar-refractivity contribution in [1.82, 2.24) is 0 Å². The van der Waals surface area contributed by atoms with Crippen molar-refractivity contribution in [3.8, 4) is 0 Å². The van der Waals surface area contributed by atoms with E-state index >= 15 is 0 Å². The molecule has 2 rings (SSSR count). The monoisotopic (exact) mass is 469 g/mol. The van der Waals surface area contributed by atoms with Crippen LogP contribution in [0.25, 0.3) is 0 Å². The number of nitrogens with one attached hydrogen (secondary N) is 1. The van der Waals surface area contributed by atoms with Crippen molar-refractivity contribution in [3.63, 3.8) is 0 Å². The molecule has 1 atom stereocenters. The minimum atomic E-state index is -3.80. The first-order chi connectivity index (χ1) is 14.4. The van der Waals surface area contributed by atoms with Crippen LogP contribution < -0.4 is 9.62 Å². The number of non-ortho nitro benzene ring substituents is 1. The molecule has 1 amide bonds. The van der Waals surface area contributed by atoms with Gasteiger partial charge in [-0.2, -0.15) is 0 Å². The van der Waals surface area contributed by atoms with Gasteiger partial charge in [-0.1, -0.05) is 29.8 Å². The third-order valence-corrected chi connectivity index (χ3v) is 5.60. The number of nitro benzene ring substituents is 1. The smallest absolute Gasteiger partial charge is 0.327 e. The highest BCUT2D eigenvalue weighted by atomic mass is 35.5. The third kappa shape index (κ3) is 6.40. The van der Waals surface area contributed by atoms with Crippen LogP contribution in [0, 0.1) is 17.0 Å². The number of esters is 1. The summed E-state index contributed by atoms with van der Waals surface area (Å²) in [6, 6.07) is 10.1. The Morgan fingerprint density at radius 3 is 2.45 bits per heavy atom. The van der Waals surface area contributed by atoms with E-state index in [1.807, 2.05) is 0 Å². The molecule has 166 valence electrons. The summed E-state index contributed by atoms with van der Waals surface area (Å²) in [5.41, 5.74) is 0.799. The van der Waals surface area contributed by atoms with Crippen LogP contribution in [-0.4, -0.2) is 44.1 Å². The van der Waals surface area contributed by atoms with Crippen LogP contribution in [0.2, 0.25) is 5.02 Å². The lowest BCUT2D eigenvalue weighted by Crippen LogP contribution is -2.39. The molecule has 1 N–H and O–H groups in total. The summed E-state index contributed by atoms with van der Waals surface area (Å²) in [7, 11) is -3.80. The number of amides is 1. The number of sulfonamides is 1. The zero-order valence-electron chi connectivity index (χ0n) is 16.9. The Kier molecular flexibility index (Phi) is 7.58. The van der Waals surface area contributed by atoms with Crippen LogP contribution in [0.1, 0.15) is 12.5 Å². The SMILES string of the molecule is Cc1ccccc1N(CC(=O)OC(C)C(=O)Nc1ccc([N+](=O)[O-])cc1Cl)S(C)(=O)=O. The lowest BCUT2D eigenvalue weighted by molar-refractivity contribution is -0.384. The van der Waals surface area contributed by atoms with Crippen molar-refractivity contribution in [2.75, 3.05) is 22.4 Å². The van der Waals surface area contributed by atoms with Gasteiger partial charge in [0.1, 0.15) is 6.54 Å². The summed E-state index contributed by atoms with van der Waals surface area (Å²) in [5, 5.41) is 13.1. The van der Waals surface area contributed by atoms with Gasteiger partial charge in [0.25, 0.3) is 11.6 Å². The van der Waals surface area contributed by atoms with E-state index < -0.39 is 39.5 Å². The molecular formula is C19H20ClN3O7S. The molecule has 10 nitrogen and oxygen atoms in total. The molecule has 0 fully saturated rings. The second-order valence-electron chi connectivity index (χ2n) is 6.60. The molecule has 2 aromatic carbocycles. The van der Waals surface area contributed by atoms with E-state index in [0.717, 1.165) is 22.7 Å². The second kappa shape index (κ2) is 9.75. The molecule has 0 aliphatic rings. The minimum absolute atomic E-state index is 0.0659. The fourth-order valence-electron chi connectivity index (χ4n) is 2.58. The van der Waals surface area contributed by atoms with Crippen molar-refractivity contribution in [2.24, 2.45) is 0 Å². The number of halogens is 1. The fourth-order valence-corrected chi connectivity index (χ4v) is 3.71. The highest BCUT2D eigenvalue weighted by molar-refractivity contribution is 7.92. The van der Waals surface area contributed by atoms with Crippen LogP contribution >= 0.6 is 11.6 Å². The van der Waals surface area contributed by atoms with Gasteiger partial charge in [0, 0.05) is 12.1 Å². The van der Waals surface area contributed by atoms with E-state index in [-0.39, 0.29) is 16.4 Å². The molecule has 31 heavy (non-hydrogen) atoms. The van der Waals surface area contributed by atoms with Crippen LogP contribution in [0.4, 0.5) is 17.1 Å². The van der Waals surface area contributed by atoms with Gasteiger partial charge in [0.05, 0.1) is 27.6 Å². The number of benzene rings is 2. The van der Waals surface area contributed by atoms with Gasteiger partial charge in [-0.25, -0.2) is 8.42 Å². The molecule has 0 aliphatic heterocycles. The van der Waals surface area contributed by atoms with Crippen molar-refractivity contribution < 1.29 is 27.7 Å². The largest absolute Gasteiger partial charge is 0.451 e. The highest BCUT2D eigenvalue weighted by Gasteiger charge is 2.26. The zero-order valence-corrected chi connectivity index (χ0v) is 18.4. The Balaban J connectivity index is 2.08. The maximum atomic E-state index is 12.3. The number of ether oxygens (including phenoxy) is 1. The van der Waals surface area contributed by atoms with Crippen molar-refractivity contribution in [2.45, 2.75) is 20.0 Å². The molecule has 0 saturated carbocycles. The predicted molar refractivity (Wildman–Crippen MR) is 116 cm³/mol. The fraction of sp³-hybridized carbons (Fsp3) is 0.263. The number of carbonyl (C=O) groups excluding carboxylic acids is 2. The Labute approximate surface area is 184 Å². The molecule has 0 aromatic heterocycles. The van der Waals surface area contributed by atoms with Gasteiger partial charge in [-0.3, -0.25) is 24.0 Å². The molecule has 0 saturated heterocycles. The molecule has 0 bridgehead atoms. The van der Waals surface area contributed by atoms with Crippen LogP contribution in [-0.2, 0) is 24.3 Å². The van der Waals surface area contributed by atoms with Crippen LogP contribution in [0.15, 0.2) is 42.5 Å². The summed E-state index contributed by atoms with van der Waals surface area (Å²) in [5.74, 6) is -1.68. The standard InChI is InChI=1S/C19H20ClN3O7S/c1-12-6-4-5-7-17(12)22(31(3,28)29)11-18(24)30-13(2)19(25)21-16-9-8-14(23(26)27)10-15(16)20/h4-10,13H,11H2,1-3H3,(H,21,25). The van der Waals surface area contributed by atoms with Crippen molar-refractivity contribution in [3.05, 3.63) is 63.2 Å². The first kappa shape index (κ1) is 24.1. The lowest BCUT2D eigenvalue weighted by atomic mass is 10.2. The lowest BCUT2D eigenvalue weighted by Gasteiger charge is -2.24. The average molecular weight is 470 g/mol. The number of hydrogen-bond acceptors (Lipinski definition) is 7. The Morgan fingerprint density at radius 1 is 1.26 bits per heavy atom. The summed E-state index contributed by atoms with van der Waals surface area (Å²) in [6.07, 6.45) is -0.323. The first-order valence-electron chi connectivity index (χ1n) is 8.87. The second-order valence-corrected chi connectivity index (χ2v) is 8.91. The van der Waals surface area contributed by atoms with E-state index in [2.05, 4.69) is 5.32 Å². The van der Waals surface area contributed by atoms with E-state index in [9.17, 15) is 28.1 Å². The van der Waals surface area contributed by atoms with E-state index in [4.69, 9.17) is 16.3 Å². The molecule has 0 aliphatic carbocycles. The van der Waals surface area contributed by atoms with Gasteiger partial charge in [0.2, 0.25) is 10.0 Å². The van der Waals surface area contributed by atoms with Crippen LogP contribution in [0.3, 0.4) is 0 Å². The van der Waals surface area contributed by atoms with Gasteiger partial charge < -0.3 is 10.1 Å². The number of anilines is 2. The molecule has 12 heteroatoms. The summed E-state index contributed by atoms with van der Waals surface area (Å²) in [6.45, 7) is 2.37. The zero-order chi connectivity index (χ0) is 23.3. The quantitative estimate of drug-likeness (QED) is 0.356. The van der Waals surface area contributed by atoms with Gasteiger partial charge in [0.15, 0.2) is 6.10 Å². The predicted octanol–water partition coefficient (Wildman–Crippen LogP) is 2.89. The maximum absolute atomic E-state index is 12.3. The normalized spacial score (nSPS) is 12.0. The van der Waals surface area contributed by atoms with E-state index in [1.165, 1.54) is 13.0 Å². The third-order valence-electron chi connectivity index (χ3n) is 4.16. The number of carbonyl (C=O) groups is 2. The number of para-hydroxylation sites is 1. The van der Waals surface area contributed by atoms with Gasteiger partial charge in [-0.05, 0) is 31.5 Å². The molecule has 0 heterocycles. The molecule has 0 spiro atoms. The van der Waals surface area contributed by atoms with Gasteiger partial charge >= 0.3 is 5.97 Å². The molecule has 1 unspecified atom stereocenters. The topological polar surface area (TPSA) is 136 Å². The van der Waals surface area contributed by atoms with E-state index in [1.54, 1.807) is 31.2 Å². The summed E-state index contributed by atoms with van der Waals surface area (Å²) in [4.78, 5) is 34.8. The Morgan fingerprint density at radius 2 is 1.90 bits per heavy atom. The van der Waals surface area contributed by atoms with Crippen molar-refractivity contribution in [1.29, 1.82) is 0 Å². The summed E-state index contributed by atoms with van der Waals surface area (Å²) < 4.78 is 30.3. The number of aryl methyl sites for hydroxylation is 1. The molecule has 2 aromatic rings. The Bertz CT molecular complexity index is 1120. The van der Waals surface area contributed by atoms with Crippen molar-refractivity contribution >= 4 is 50.6 Å². The maximum Gasteiger partial charge on any atom is 0.327 e. The number of nitro groups is 1. The highest BCUT2D eigenvalue weighted by Crippen LogP contribution is 2.27. The van der Waals surface area contributed by atoms with Gasteiger partial charge in [-0.15, -0.1) is 0 Å². The Hall–Kier alpha value is -3.18. The number of rotatable bonds is 8. The minimum Gasteiger partial charge on any atom is -0.451 e. The van der Waals surface area contributed by atoms with E-state index in [0.29, 0.717) is 11.3 Å². The number of nitrogens with zero attached hydrogens (tertiary/aromatic N) is 2. The average Bonchev–Trinajstić information content (AvgIpc) is 2.67. The number of hydrogen-bond donors (Lipinski definition) is 1. The molecule has 0 radical (unpaired) electrons. The first-order valence-corrected chi connectivity index (χ1v) is 11.1.